The van der Waals surface area contributed by atoms with Gasteiger partial charge in [-0.05, 0) is 26.0 Å². The van der Waals surface area contributed by atoms with Gasteiger partial charge in [0.05, 0.1) is 11.1 Å². The van der Waals surface area contributed by atoms with Crippen molar-refractivity contribution in [3.8, 4) is 12.1 Å². The molecule has 0 aliphatic rings. The van der Waals surface area contributed by atoms with E-state index < -0.39 is 0 Å². The van der Waals surface area contributed by atoms with E-state index in [1.54, 1.807) is 0 Å². The summed E-state index contributed by atoms with van der Waals surface area (Å²) in [6.07, 6.45) is 0. The topological polar surface area (TPSA) is 57.4 Å². The number of para-hydroxylation sites is 2. The zero-order chi connectivity index (χ0) is 20.0. The third-order valence-corrected chi connectivity index (χ3v) is 5.77. The third-order valence-electron chi connectivity index (χ3n) is 5.77. The SMILES string of the molecule is Cc1c(/C(C#N)=C(/C#N)c2c(C)n(C)c3ccccc23)c2ccccc2n1C. The zero-order valence-electron chi connectivity index (χ0n) is 16.4. The Hall–Kier alpha value is -3.76. The van der Waals surface area contributed by atoms with Crippen LogP contribution in [0, 0.1) is 36.5 Å². The maximum absolute atomic E-state index is 10.1. The Kier molecular flexibility index (Phi) is 4.06. The predicted octanol–water partition coefficient (Wildman–Crippen LogP) is 5.24. The van der Waals surface area contributed by atoms with E-state index in [2.05, 4.69) is 21.3 Å². The Labute approximate surface area is 164 Å². The molecule has 0 fully saturated rings. The molecule has 4 heteroatoms. The van der Waals surface area contributed by atoms with Gasteiger partial charge in [-0.2, -0.15) is 10.5 Å². The number of nitriles is 2. The van der Waals surface area contributed by atoms with Crippen molar-refractivity contribution in [3.63, 3.8) is 0 Å². The molecule has 0 saturated heterocycles. The van der Waals surface area contributed by atoms with Gasteiger partial charge < -0.3 is 9.13 Å². The third kappa shape index (κ3) is 2.29. The lowest BCUT2D eigenvalue weighted by atomic mass is 9.93. The first kappa shape index (κ1) is 17.6. The molecule has 0 unspecified atom stereocenters. The molecular weight excluding hydrogens is 344 g/mol. The number of fused-ring (bicyclic) bond motifs is 2. The number of nitrogens with zero attached hydrogens (tertiary/aromatic N) is 4. The highest BCUT2D eigenvalue weighted by Gasteiger charge is 2.23. The van der Waals surface area contributed by atoms with Crippen molar-refractivity contribution in [1.29, 1.82) is 10.5 Å². The quantitative estimate of drug-likeness (QED) is 0.456. The maximum atomic E-state index is 10.1. The minimum absolute atomic E-state index is 0.427. The van der Waals surface area contributed by atoms with Crippen molar-refractivity contribution in [2.24, 2.45) is 14.1 Å². The smallest absolute Gasteiger partial charge is 0.101 e. The summed E-state index contributed by atoms with van der Waals surface area (Å²) in [7, 11) is 3.98. The summed E-state index contributed by atoms with van der Waals surface area (Å²) < 4.78 is 4.15. The second-order valence-corrected chi connectivity index (χ2v) is 7.05. The molecule has 136 valence electrons. The van der Waals surface area contributed by atoms with Gasteiger partial charge in [-0.25, -0.2) is 0 Å². The lowest BCUT2D eigenvalue weighted by Crippen LogP contribution is -1.96. The molecule has 2 aromatic heterocycles. The first-order valence-corrected chi connectivity index (χ1v) is 9.14. The first-order chi connectivity index (χ1) is 13.5. The summed E-state index contributed by atoms with van der Waals surface area (Å²) in [6, 6.07) is 20.7. The van der Waals surface area contributed by atoms with E-state index in [0.717, 1.165) is 44.3 Å². The number of aryl methyl sites for hydroxylation is 2. The van der Waals surface area contributed by atoms with Gasteiger partial charge >= 0.3 is 0 Å². The van der Waals surface area contributed by atoms with Crippen molar-refractivity contribution in [1.82, 2.24) is 9.13 Å². The average Bonchev–Trinajstić information content (AvgIpc) is 3.12. The van der Waals surface area contributed by atoms with E-state index in [9.17, 15) is 10.5 Å². The van der Waals surface area contributed by atoms with Crippen LogP contribution in [-0.4, -0.2) is 9.13 Å². The molecule has 0 saturated carbocycles. The van der Waals surface area contributed by atoms with E-state index in [1.165, 1.54) is 0 Å². The van der Waals surface area contributed by atoms with Crippen LogP contribution in [0.15, 0.2) is 48.5 Å². The minimum atomic E-state index is 0.427. The molecule has 28 heavy (non-hydrogen) atoms. The summed E-state index contributed by atoms with van der Waals surface area (Å²) in [5, 5.41) is 22.2. The monoisotopic (exact) mass is 364 g/mol. The van der Waals surface area contributed by atoms with Gasteiger partial charge in [0.2, 0.25) is 0 Å². The normalized spacial score (nSPS) is 12.1. The molecule has 0 aliphatic carbocycles. The van der Waals surface area contributed by atoms with E-state index in [4.69, 9.17) is 0 Å². The molecule has 0 amide bonds. The Balaban J connectivity index is 2.16. The van der Waals surface area contributed by atoms with Crippen LogP contribution in [0.3, 0.4) is 0 Å². The molecule has 0 bridgehead atoms. The summed E-state index contributed by atoms with van der Waals surface area (Å²) >= 11 is 0. The summed E-state index contributed by atoms with van der Waals surface area (Å²) in [4.78, 5) is 0. The Morgan fingerprint density at radius 1 is 0.679 bits per heavy atom. The van der Waals surface area contributed by atoms with E-state index in [0.29, 0.717) is 11.1 Å². The van der Waals surface area contributed by atoms with Gasteiger partial charge in [-0.15, -0.1) is 0 Å². The fourth-order valence-electron chi connectivity index (χ4n) is 4.15. The van der Waals surface area contributed by atoms with Crippen LogP contribution >= 0.6 is 0 Å². The number of allylic oxidation sites excluding steroid dienone is 2. The Morgan fingerprint density at radius 3 is 1.39 bits per heavy atom. The van der Waals surface area contributed by atoms with E-state index in [-0.39, 0.29) is 0 Å². The van der Waals surface area contributed by atoms with Crippen LogP contribution in [0.1, 0.15) is 22.5 Å². The van der Waals surface area contributed by atoms with Gasteiger partial charge in [0.15, 0.2) is 0 Å². The first-order valence-electron chi connectivity index (χ1n) is 9.14. The molecule has 0 spiro atoms. The lowest BCUT2D eigenvalue weighted by Gasteiger charge is -2.07. The highest BCUT2D eigenvalue weighted by atomic mass is 15.0. The molecule has 0 N–H and O–H groups in total. The number of hydrogen-bond donors (Lipinski definition) is 0. The average molecular weight is 364 g/mol. The zero-order valence-corrected chi connectivity index (χ0v) is 16.4. The molecule has 0 atom stereocenters. The molecule has 2 heterocycles. The second-order valence-electron chi connectivity index (χ2n) is 7.05. The fourth-order valence-corrected chi connectivity index (χ4v) is 4.15. The lowest BCUT2D eigenvalue weighted by molar-refractivity contribution is 0.914. The largest absolute Gasteiger partial charge is 0.347 e. The van der Waals surface area contributed by atoms with Gasteiger partial charge in [0.1, 0.15) is 12.1 Å². The molecule has 2 aromatic carbocycles. The standard InChI is InChI=1S/C24H20N4/c1-15-23(17-9-5-7-11-21(17)27(15)3)19(13-25)20(14-26)24-16(2)28(4)22-12-8-6-10-18(22)24/h5-12H,1-4H3/b20-19-. The molecule has 4 nitrogen and oxygen atoms in total. The number of rotatable bonds is 2. The van der Waals surface area contributed by atoms with Crippen molar-refractivity contribution in [2.75, 3.05) is 0 Å². The summed E-state index contributed by atoms with van der Waals surface area (Å²) in [5.74, 6) is 0. The molecule has 4 rings (SSSR count). The number of aromatic nitrogens is 2. The highest BCUT2D eigenvalue weighted by molar-refractivity contribution is 6.13. The van der Waals surface area contributed by atoms with Crippen LogP contribution in [0.2, 0.25) is 0 Å². The van der Waals surface area contributed by atoms with Gasteiger partial charge in [0, 0.05) is 58.4 Å². The minimum Gasteiger partial charge on any atom is -0.347 e. The van der Waals surface area contributed by atoms with Crippen LogP contribution in [0.5, 0.6) is 0 Å². The van der Waals surface area contributed by atoms with Crippen molar-refractivity contribution < 1.29 is 0 Å². The Bertz CT molecular complexity index is 1260. The predicted molar refractivity (Wildman–Crippen MR) is 113 cm³/mol. The summed E-state index contributed by atoms with van der Waals surface area (Å²) in [6.45, 7) is 4.00. The Morgan fingerprint density at radius 2 is 1.04 bits per heavy atom. The molecule has 0 aliphatic heterocycles. The molecular formula is C24H20N4. The van der Waals surface area contributed by atoms with E-state index >= 15 is 0 Å². The van der Waals surface area contributed by atoms with Crippen LogP contribution < -0.4 is 0 Å². The molecule has 4 aromatic rings. The van der Waals surface area contributed by atoms with Crippen LogP contribution in [0.25, 0.3) is 33.0 Å². The van der Waals surface area contributed by atoms with E-state index in [1.807, 2.05) is 76.5 Å². The summed E-state index contributed by atoms with van der Waals surface area (Å²) in [5.41, 5.74) is 6.58. The number of benzene rings is 2. The fraction of sp³-hybridized carbons (Fsp3) is 0.167. The van der Waals surface area contributed by atoms with Gasteiger partial charge in [-0.1, -0.05) is 36.4 Å². The van der Waals surface area contributed by atoms with Crippen molar-refractivity contribution >= 4 is 33.0 Å². The van der Waals surface area contributed by atoms with Gasteiger partial charge in [0.25, 0.3) is 0 Å². The number of hydrogen-bond acceptors (Lipinski definition) is 2. The molecule has 0 radical (unpaired) electrons. The van der Waals surface area contributed by atoms with Crippen molar-refractivity contribution in [3.05, 3.63) is 71.0 Å². The highest BCUT2D eigenvalue weighted by Crippen LogP contribution is 2.38. The van der Waals surface area contributed by atoms with Gasteiger partial charge in [-0.3, -0.25) is 0 Å². The van der Waals surface area contributed by atoms with Crippen LogP contribution in [0.4, 0.5) is 0 Å². The second kappa shape index (κ2) is 6.44. The maximum Gasteiger partial charge on any atom is 0.101 e. The van der Waals surface area contributed by atoms with Crippen molar-refractivity contribution in [2.45, 2.75) is 13.8 Å². The van der Waals surface area contributed by atoms with Crippen LogP contribution in [-0.2, 0) is 14.1 Å².